The van der Waals surface area contributed by atoms with Gasteiger partial charge in [-0.3, -0.25) is 4.79 Å². The average molecular weight is 422 g/mol. The van der Waals surface area contributed by atoms with Gasteiger partial charge in [-0.25, -0.2) is 13.1 Å². The summed E-state index contributed by atoms with van der Waals surface area (Å²) in [5.41, 5.74) is 0.627. The van der Waals surface area contributed by atoms with Crippen LogP contribution in [0.1, 0.15) is 45.9 Å². The second-order valence-corrected chi connectivity index (χ2v) is 11.9. The topological polar surface area (TPSA) is 81.1 Å². The van der Waals surface area contributed by atoms with Crippen LogP contribution in [0, 0.1) is 0 Å². The standard InChI is InChI=1S/C20H27N3O3S2/c1-14(27-16-8-6-5-7-9-16)19(24)21-18-12-17(20(2,3)4)22-23(18)15-10-11-28(25,26)13-15/h5-9,12,14-15H,10-11,13H2,1-4H3,(H,21,24)/t14-,15-/m1/s1. The molecule has 28 heavy (non-hydrogen) atoms. The molecule has 2 heterocycles. The highest BCUT2D eigenvalue weighted by atomic mass is 32.2. The average Bonchev–Trinajstić information content (AvgIpc) is 3.18. The molecule has 1 saturated heterocycles. The summed E-state index contributed by atoms with van der Waals surface area (Å²) < 4.78 is 25.6. The molecule has 1 N–H and O–H groups in total. The lowest BCUT2D eigenvalue weighted by atomic mass is 9.92. The predicted octanol–water partition coefficient (Wildman–Crippen LogP) is 3.66. The molecule has 0 aliphatic carbocycles. The molecule has 2 atom stereocenters. The molecule has 0 saturated carbocycles. The van der Waals surface area contributed by atoms with Crippen LogP contribution in [0.3, 0.4) is 0 Å². The van der Waals surface area contributed by atoms with Crippen molar-refractivity contribution < 1.29 is 13.2 Å². The van der Waals surface area contributed by atoms with Crippen LogP contribution in [0.25, 0.3) is 0 Å². The zero-order valence-electron chi connectivity index (χ0n) is 16.7. The van der Waals surface area contributed by atoms with Gasteiger partial charge in [-0.1, -0.05) is 39.0 Å². The van der Waals surface area contributed by atoms with Crippen LogP contribution in [0.5, 0.6) is 0 Å². The van der Waals surface area contributed by atoms with Crippen molar-refractivity contribution in [2.45, 2.75) is 55.7 Å². The van der Waals surface area contributed by atoms with E-state index in [1.165, 1.54) is 11.8 Å². The van der Waals surface area contributed by atoms with Crippen molar-refractivity contribution in [2.24, 2.45) is 0 Å². The highest BCUT2D eigenvalue weighted by molar-refractivity contribution is 8.00. The van der Waals surface area contributed by atoms with Crippen LogP contribution in [0.15, 0.2) is 41.3 Å². The third-order valence-electron chi connectivity index (χ3n) is 4.73. The Morgan fingerprint density at radius 2 is 1.96 bits per heavy atom. The molecule has 1 aliphatic rings. The number of anilines is 1. The molecule has 2 aromatic rings. The Balaban J connectivity index is 1.81. The quantitative estimate of drug-likeness (QED) is 0.745. The van der Waals surface area contributed by atoms with Gasteiger partial charge in [0, 0.05) is 16.4 Å². The number of benzene rings is 1. The maximum atomic E-state index is 12.8. The summed E-state index contributed by atoms with van der Waals surface area (Å²) in [5, 5.41) is 7.33. The molecule has 0 radical (unpaired) electrons. The van der Waals surface area contributed by atoms with Crippen molar-refractivity contribution in [3.05, 3.63) is 42.1 Å². The summed E-state index contributed by atoms with van der Waals surface area (Å²) >= 11 is 1.48. The number of amides is 1. The minimum absolute atomic E-state index is 0.0649. The summed E-state index contributed by atoms with van der Waals surface area (Å²) in [7, 11) is -3.05. The van der Waals surface area contributed by atoms with Crippen LogP contribution in [-0.4, -0.2) is 40.9 Å². The predicted molar refractivity (Wildman–Crippen MR) is 114 cm³/mol. The van der Waals surface area contributed by atoms with Gasteiger partial charge in [0.25, 0.3) is 0 Å². The monoisotopic (exact) mass is 421 g/mol. The highest BCUT2D eigenvalue weighted by Gasteiger charge is 2.33. The molecular formula is C20H27N3O3S2. The molecule has 0 unspecified atom stereocenters. The summed E-state index contributed by atoms with van der Waals surface area (Å²) in [6.07, 6.45) is 0.519. The second-order valence-electron chi connectivity index (χ2n) is 8.23. The zero-order valence-corrected chi connectivity index (χ0v) is 18.3. The third kappa shape index (κ3) is 4.97. The molecule has 152 valence electrons. The molecule has 3 rings (SSSR count). The van der Waals surface area contributed by atoms with Gasteiger partial charge in [-0.15, -0.1) is 11.8 Å². The normalized spacial score (nSPS) is 20.1. The Labute approximate surface area is 171 Å². The lowest BCUT2D eigenvalue weighted by Gasteiger charge is -2.16. The smallest absolute Gasteiger partial charge is 0.238 e. The van der Waals surface area contributed by atoms with Crippen molar-refractivity contribution in [1.29, 1.82) is 0 Å². The van der Waals surface area contributed by atoms with Crippen LogP contribution in [0.2, 0.25) is 0 Å². The van der Waals surface area contributed by atoms with Crippen LogP contribution in [-0.2, 0) is 20.0 Å². The van der Waals surface area contributed by atoms with E-state index < -0.39 is 9.84 Å². The largest absolute Gasteiger partial charge is 0.310 e. The number of nitrogens with zero attached hydrogens (tertiary/aromatic N) is 2. The van der Waals surface area contributed by atoms with Crippen molar-refractivity contribution in [3.63, 3.8) is 0 Å². The Kier molecular flexibility index (Phi) is 5.91. The lowest BCUT2D eigenvalue weighted by Crippen LogP contribution is -2.25. The molecule has 0 spiro atoms. The van der Waals surface area contributed by atoms with Gasteiger partial charge < -0.3 is 5.32 Å². The van der Waals surface area contributed by atoms with Crippen molar-refractivity contribution in [3.8, 4) is 0 Å². The Morgan fingerprint density at radius 3 is 2.54 bits per heavy atom. The number of carbonyl (C=O) groups is 1. The van der Waals surface area contributed by atoms with E-state index in [0.29, 0.717) is 12.2 Å². The molecular weight excluding hydrogens is 394 g/mol. The van der Waals surface area contributed by atoms with Crippen molar-refractivity contribution >= 4 is 33.3 Å². The minimum atomic E-state index is -3.05. The van der Waals surface area contributed by atoms with Gasteiger partial charge in [0.2, 0.25) is 5.91 Å². The summed E-state index contributed by atoms with van der Waals surface area (Å²) in [6.45, 7) is 8.00. The molecule has 6 nitrogen and oxygen atoms in total. The van der Waals surface area contributed by atoms with Gasteiger partial charge in [0.1, 0.15) is 5.82 Å². The van der Waals surface area contributed by atoms with E-state index in [9.17, 15) is 13.2 Å². The summed E-state index contributed by atoms with van der Waals surface area (Å²) in [6, 6.07) is 11.4. The first-order valence-electron chi connectivity index (χ1n) is 9.38. The van der Waals surface area contributed by atoms with Crippen LogP contribution >= 0.6 is 11.8 Å². The fraction of sp³-hybridized carbons (Fsp3) is 0.500. The first kappa shape index (κ1) is 20.9. The van der Waals surface area contributed by atoms with Gasteiger partial charge in [-0.2, -0.15) is 5.10 Å². The number of hydrogen-bond acceptors (Lipinski definition) is 5. The molecule has 1 aliphatic heterocycles. The SMILES string of the molecule is C[C@@H](Sc1ccccc1)C(=O)Nc1cc(C(C)(C)C)nn1[C@@H]1CCS(=O)(=O)C1. The number of carbonyl (C=O) groups excluding carboxylic acids is 1. The number of hydrogen-bond donors (Lipinski definition) is 1. The van der Waals surface area contributed by atoms with Crippen molar-refractivity contribution in [1.82, 2.24) is 9.78 Å². The highest BCUT2D eigenvalue weighted by Crippen LogP contribution is 2.31. The van der Waals surface area contributed by atoms with E-state index >= 15 is 0 Å². The first-order chi connectivity index (χ1) is 13.0. The third-order valence-corrected chi connectivity index (χ3v) is 7.60. The van der Waals surface area contributed by atoms with Crippen LogP contribution < -0.4 is 5.32 Å². The number of nitrogens with one attached hydrogen (secondary N) is 1. The van der Waals surface area contributed by atoms with Crippen molar-refractivity contribution in [2.75, 3.05) is 16.8 Å². The van der Waals surface area contributed by atoms with E-state index in [-0.39, 0.29) is 34.1 Å². The van der Waals surface area contributed by atoms with Gasteiger partial charge in [0.05, 0.1) is 28.5 Å². The maximum Gasteiger partial charge on any atom is 0.238 e. The Morgan fingerprint density at radius 1 is 1.29 bits per heavy atom. The van der Waals surface area contributed by atoms with E-state index in [0.717, 1.165) is 10.6 Å². The van der Waals surface area contributed by atoms with E-state index in [4.69, 9.17) is 0 Å². The Hall–Kier alpha value is -1.80. The molecule has 0 bridgehead atoms. The first-order valence-corrected chi connectivity index (χ1v) is 12.1. The fourth-order valence-corrected chi connectivity index (χ4v) is 5.67. The van der Waals surface area contributed by atoms with Gasteiger partial charge in [0.15, 0.2) is 9.84 Å². The maximum absolute atomic E-state index is 12.8. The van der Waals surface area contributed by atoms with E-state index in [1.54, 1.807) is 4.68 Å². The van der Waals surface area contributed by atoms with Gasteiger partial charge >= 0.3 is 0 Å². The molecule has 8 heteroatoms. The fourth-order valence-electron chi connectivity index (χ4n) is 3.09. The summed E-state index contributed by atoms with van der Waals surface area (Å²) in [5.74, 6) is 0.666. The molecule has 1 fully saturated rings. The van der Waals surface area contributed by atoms with Gasteiger partial charge in [-0.05, 0) is 25.5 Å². The molecule has 1 amide bonds. The number of sulfone groups is 1. The molecule has 1 aromatic carbocycles. The number of rotatable bonds is 5. The second kappa shape index (κ2) is 7.91. The molecule has 1 aromatic heterocycles. The number of thioether (sulfide) groups is 1. The summed E-state index contributed by atoms with van der Waals surface area (Å²) in [4.78, 5) is 13.8. The lowest BCUT2D eigenvalue weighted by molar-refractivity contribution is -0.115. The van der Waals surface area contributed by atoms with E-state index in [2.05, 4.69) is 10.4 Å². The number of aromatic nitrogens is 2. The van der Waals surface area contributed by atoms with Crippen LogP contribution in [0.4, 0.5) is 5.82 Å². The van der Waals surface area contributed by atoms with E-state index in [1.807, 2.05) is 64.1 Å². The Bertz CT molecular complexity index is 947. The zero-order chi connectivity index (χ0) is 20.5. The minimum Gasteiger partial charge on any atom is -0.310 e.